The Bertz CT molecular complexity index is 298. The number of hydrogen-bond acceptors (Lipinski definition) is 3. The lowest BCUT2D eigenvalue weighted by Gasteiger charge is -2.20. The third-order valence-corrected chi connectivity index (χ3v) is 4.06. The summed E-state index contributed by atoms with van der Waals surface area (Å²) in [5.41, 5.74) is 5.27. The Hall–Kier alpha value is -0.340. The van der Waals surface area contributed by atoms with Crippen molar-refractivity contribution in [1.82, 2.24) is 4.31 Å². The summed E-state index contributed by atoms with van der Waals surface area (Å²) in [4.78, 5) is 0. The molecule has 0 amide bonds. The Morgan fingerprint density at radius 2 is 1.82 bits per heavy atom. The quantitative estimate of drug-likeness (QED) is 0.727. The van der Waals surface area contributed by atoms with Gasteiger partial charge < -0.3 is 5.73 Å². The van der Waals surface area contributed by atoms with Crippen molar-refractivity contribution in [2.75, 3.05) is 25.4 Å². The SMILES string of the molecule is CCCN(CCN)S(=O)(=O)CCCC(F)(F)F. The number of hydrogen-bond donors (Lipinski definition) is 1. The van der Waals surface area contributed by atoms with Gasteiger partial charge in [0.15, 0.2) is 0 Å². The molecule has 0 rings (SSSR count). The van der Waals surface area contributed by atoms with Crippen molar-refractivity contribution in [2.24, 2.45) is 5.73 Å². The number of sulfonamides is 1. The predicted molar refractivity (Wildman–Crippen MR) is 60.0 cm³/mol. The fraction of sp³-hybridized carbons (Fsp3) is 1.00. The molecule has 8 heteroatoms. The second-order valence-electron chi connectivity index (χ2n) is 3.72. The third kappa shape index (κ3) is 7.56. The van der Waals surface area contributed by atoms with Crippen LogP contribution in [0.1, 0.15) is 26.2 Å². The lowest BCUT2D eigenvalue weighted by Crippen LogP contribution is -2.37. The molecule has 17 heavy (non-hydrogen) atoms. The van der Waals surface area contributed by atoms with Gasteiger partial charge in [0, 0.05) is 26.1 Å². The summed E-state index contributed by atoms with van der Waals surface area (Å²) in [6, 6.07) is 0. The number of rotatable bonds is 8. The van der Waals surface area contributed by atoms with Gasteiger partial charge in [0.2, 0.25) is 10.0 Å². The van der Waals surface area contributed by atoms with E-state index in [4.69, 9.17) is 5.73 Å². The summed E-state index contributed by atoms with van der Waals surface area (Å²) in [5, 5.41) is 0. The average Bonchev–Trinajstić information content (AvgIpc) is 2.15. The molecule has 0 saturated carbocycles. The minimum Gasteiger partial charge on any atom is -0.329 e. The van der Waals surface area contributed by atoms with Crippen molar-refractivity contribution < 1.29 is 21.6 Å². The van der Waals surface area contributed by atoms with Gasteiger partial charge in [-0.2, -0.15) is 13.2 Å². The molecule has 0 aromatic rings. The minimum absolute atomic E-state index is 0.155. The second-order valence-corrected chi connectivity index (χ2v) is 5.81. The summed E-state index contributed by atoms with van der Waals surface area (Å²) < 4.78 is 60.3. The van der Waals surface area contributed by atoms with Gasteiger partial charge in [-0.05, 0) is 12.8 Å². The normalized spacial score (nSPS) is 13.3. The zero-order valence-electron chi connectivity index (χ0n) is 9.83. The number of nitrogens with zero attached hydrogens (tertiary/aromatic N) is 1. The Morgan fingerprint density at radius 3 is 2.24 bits per heavy atom. The number of alkyl halides is 3. The maximum atomic E-state index is 11.9. The fourth-order valence-electron chi connectivity index (χ4n) is 1.37. The monoisotopic (exact) mass is 276 g/mol. The van der Waals surface area contributed by atoms with Gasteiger partial charge in [0.1, 0.15) is 0 Å². The Morgan fingerprint density at radius 1 is 1.24 bits per heavy atom. The predicted octanol–water partition coefficient (Wildman–Crippen LogP) is 1.33. The van der Waals surface area contributed by atoms with Crippen LogP contribution in [0.25, 0.3) is 0 Å². The highest BCUT2D eigenvalue weighted by Crippen LogP contribution is 2.22. The first-order chi connectivity index (χ1) is 7.73. The molecule has 0 unspecified atom stereocenters. The van der Waals surface area contributed by atoms with Crippen LogP contribution in [0.5, 0.6) is 0 Å². The molecular formula is C9H19F3N2O2S. The minimum atomic E-state index is -4.31. The van der Waals surface area contributed by atoms with E-state index >= 15 is 0 Å². The molecule has 0 spiro atoms. The van der Waals surface area contributed by atoms with E-state index in [0.29, 0.717) is 13.0 Å². The molecule has 2 N–H and O–H groups in total. The molecule has 0 aromatic carbocycles. The standard InChI is InChI=1S/C9H19F3N2O2S/c1-2-6-14(7-5-13)17(15,16)8-3-4-9(10,11)12/h2-8,13H2,1H3. The second kappa shape index (κ2) is 7.17. The van der Waals surface area contributed by atoms with Gasteiger partial charge in [0.25, 0.3) is 0 Å². The van der Waals surface area contributed by atoms with Gasteiger partial charge >= 0.3 is 6.18 Å². The number of nitrogens with two attached hydrogens (primary N) is 1. The van der Waals surface area contributed by atoms with Crippen LogP contribution < -0.4 is 5.73 Å². The maximum absolute atomic E-state index is 11.9. The summed E-state index contributed by atoms with van der Waals surface area (Å²) in [5.74, 6) is -0.480. The molecule has 4 nitrogen and oxygen atoms in total. The van der Waals surface area contributed by atoms with Gasteiger partial charge in [-0.3, -0.25) is 0 Å². The van der Waals surface area contributed by atoms with Crippen molar-refractivity contribution in [2.45, 2.75) is 32.4 Å². The Balaban J connectivity index is 4.32. The molecule has 0 atom stereocenters. The van der Waals surface area contributed by atoms with E-state index in [9.17, 15) is 21.6 Å². The van der Waals surface area contributed by atoms with E-state index in [1.165, 1.54) is 0 Å². The zero-order chi connectivity index (χ0) is 13.5. The molecule has 0 aromatic heterocycles. The van der Waals surface area contributed by atoms with Crippen LogP contribution in [-0.4, -0.2) is 44.3 Å². The Kier molecular flexibility index (Phi) is 7.03. The molecule has 0 fully saturated rings. The van der Waals surface area contributed by atoms with E-state index in [-0.39, 0.29) is 13.1 Å². The molecule has 0 heterocycles. The zero-order valence-corrected chi connectivity index (χ0v) is 10.6. The highest BCUT2D eigenvalue weighted by Gasteiger charge is 2.28. The highest BCUT2D eigenvalue weighted by molar-refractivity contribution is 7.89. The molecule has 0 saturated heterocycles. The lowest BCUT2D eigenvalue weighted by atomic mass is 10.3. The van der Waals surface area contributed by atoms with E-state index in [1.807, 2.05) is 0 Å². The van der Waals surface area contributed by atoms with Crippen LogP contribution in [0.15, 0.2) is 0 Å². The van der Waals surface area contributed by atoms with E-state index < -0.39 is 34.8 Å². The largest absolute Gasteiger partial charge is 0.389 e. The molecule has 0 radical (unpaired) electrons. The maximum Gasteiger partial charge on any atom is 0.389 e. The smallest absolute Gasteiger partial charge is 0.329 e. The van der Waals surface area contributed by atoms with Crippen LogP contribution >= 0.6 is 0 Å². The molecule has 0 aliphatic carbocycles. The lowest BCUT2D eigenvalue weighted by molar-refractivity contribution is -0.134. The van der Waals surface area contributed by atoms with Crippen LogP contribution in [0, 0.1) is 0 Å². The molecule has 104 valence electrons. The van der Waals surface area contributed by atoms with E-state index in [1.54, 1.807) is 6.92 Å². The van der Waals surface area contributed by atoms with Gasteiger partial charge in [-0.1, -0.05) is 6.92 Å². The molecule has 0 aliphatic rings. The summed E-state index contributed by atoms with van der Waals surface area (Å²) >= 11 is 0. The van der Waals surface area contributed by atoms with Gasteiger partial charge in [-0.15, -0.1) is 0 Å². The van der Waals surface area contributed by atoms with E-state index in [0.717, 1.165) is 4.31 Å². The van der Waals surface area contributed by atoms with Crippen LogP contribution in [0.3, 0.4) is 0 Å². The highest BCUT2D eigenvalue weighted by atomic mass is 32.2. The van der Waals surface area contributed by atoms with Crippen LogP contribution in [0.2, 0.25) is 0 Å². The first-order valence-corrected chi connectivity index (χ1v) is 7.08. The van der Waals surface area contributed by atoms with Crippen molar-refractivity contribution in [3.8, 4) is 0 Å². The third-order valence-electron chi connectivity index (χ3n) is 2.11. The summed E-state index contributed by atoms with van der Waals surface area (Å²) in [6.07, 6.45) is -5.18. The first-order valence-electron chi connectivity index (χ1n) is 5.47. The van der Waals surface area contributed by atoms with Crippen molar-refractivity contribution in [3.05, 3.63) is 0 Å². The topological polar surface area (TPSA) is 63.4 Å². The average molecular weight is 276 g/mol. The first kappa shape index (κ1) is 16.7. The van der Waals surface area contributed by atoms with Crippen LogP contribution in [-0.2, 0) is 10.0 Å². The number of halogens is 3. The van der Waals surface area contributed by atoms with Crippen molar-refractivity contribution in [1.29, 1.82) is 0 Å². The molecular weight excluding hydrogens is 257 g/mol. The van der Waals surface area contributed by atoms with Crippen molar-refractivity contribution >= 4 is 10.0 Å². The molecule has 0 bridgehead atoms. The van der Waals surface area contributed by atoms with Crippen molar-refractivity contribution in [3.63, 3.8) is 0 Å². The summed E-state index contributed by atoms with van der Waals surface area (Å²) in [6.45, 7) is 2.42. The van der Waals surface area contributed by atoms with Gasteiger partial charge in [-0.25, -0.2) is 12.7 Å². The van der Waals surface area contributed by atoms with E-state index in [2.05, 4.69) is 0 Å². The van der Waals surface area contributed by atoms with Gasteiger partial charge in [0.05, 0.1) is 5.75 Å². The fourth-order valence-corrected chi connectivity index (χ4v) is 2.98. The van der Waals surface area contributed by atoms with Crippen LogP contribution in [0.4, 0.5) is 13.2 Å². The summed E-state index contributed by atoms with van der Waals surface area (Å²) in [7, 11) is -3.62. The Labute approximate surface area is 100 Å². The molecule has 0 aliphatic heterocycles.